The maximum Gasteiger partial charge on any atom is 0.0624 e. The second-order valence-corrected chi connectivity index (χ2v) is 5.16. The fraction of sp³-hybridized carbons (Fsp3) is 0.438. The molecule has 19 heavy (non-hydrogen) atoms. The highest BCUT2D eigenvalue weighted by molar-refractivity contribution is 5.27. The molecule has 2 rings (SSSR count). The summed E-state index contributed by atoms with van der Waals surface area (Å²) >= 11 is 0. The molecule has 2 aromatic rings. The zero-order chi connectivity index (χ0) is 13.8. The number of hydrogen-bond donors (Lipinski definition) is 1. The smallest absolute Gasteiger partial charge is 0.0624 e. The first-order valence-corrected chi connectivity index (χ1v) is 6.92. The van der Waals surface area contributed by atoms with Gasteiger partial charge in [-0.15, -0.1) is 0 Å². The van der Waals surface area contributed by atoms with Crippen molar-refractivity contribution in [2.24, 2.45) is 12.8 Å². The molecule has 3 nitrogen and oxygen atoms in total. The second kappa shape index (κ2) is 6.02. The summed E-state index contributed by atoms with van der Waals surface area (Å²) in [6.07, 6.45) is 1.93. The van der Waals surface area contributed by atoms with Gasteiger partial charge in [-0.1, -0.05) is 36.8 Å². The summed E-state index contributed by atoms with van der Waals surface area (Å²) in [7, 11) is 2.01. The molecule has 1 atom stereocenters. The highest BCUT2D eigenvalue weighted by atomic mass is 15.3. The fourth-order valence-corrected chi connectivity index (χ4v) is 2.45. The van der Waals surface area contributed by atoms with Crippen LogP contribution in [0.5, 0.6) is 0 Å². The summed E-state index contributed by atoms with van der Waals surface area (Å²) in [5, 5.41) is 4.50. The van der Waals surface area contributed by atoms with Crippen molar-refractivity contribution in [3.63, 3.8) is 0 Å². The van der Waals surface area contributed by atoms with Gasteiger partial charge < -0.3 is 5.73 Å². The third-order valence-electron chi connectivity index (χ3n) is 3.64. The van der Waals surface area contributed by atoms with Gasteiger partial charge >= 0.3 is 0 Å². The van der Waals surface area contributed by atoms with Crippen LogP contribution in [0.4, 0.5) is 0 Å². The van der Waals surface area contributed by atoms with E-state index >= 15 is 0 Å². The number of hydrogen-bond acceptors (Lipinski definition) is 2. The van der Waals surface area contributed by atoms with Crippen LogP contribution in [0, 0.1) is 6.92 Å². The van der Waals surface area contributed by atoms with Crippen molar-refractivity contribution in [1.82, 2.24) is 9.78 Å². The summed E-state index contributed by atoms with van der Waals surface area (Å²) < 4.78 is 1.98. The van der Waals surface area contributed by atoms with Crippen LogP contribution < -0.4 is 5.73 Å². The predicted molar refractivity (Wildman–Crippen MR) is 79.3 cm³/mol. The minimum Gasteiger partial charge on any atom is -0.330 e. The first-order valence-electron chi connectivity index (χ1n) is 6.92. The van der Waals surface area contributed by atoms with Crippen LogP contribution in [0.1, 0.15) is 35.4 Å². The molecule has 0 radical (unpaired) electrons. The van der Waals surface area contributed by atoms with Crippen LogP contribution in [0.2, 0.25) is 0 Å². The SMILES string of the molecule is CCc1cc(CC(CN)c2cccc(C)c2)n(C)n1. The summed E-state index contributed by atoms with van der Waals surface area (Å²) in [5.41, 5.74) is 11.0. The quantitative estimate of drug-likeness (QED) is 0.894. The number of benzene rings is 1. The van der Waals surface area contributed by atoms with Crippen molar-refractivity contribution >= 4 is 0 Å². The Morgan fingerprint density at radius 3 is 2.68 bits per heavy atom. The third kappa shape index (κ3) is 3.24. The van der Waals surface area contributed by atoms with Crippen molar-refractivity contribution in [1.29, 1.82) is 0 Å². The fourth-order valence-electron chi connectivity index (χ4n) is 2.45. The molecule has 0 aliphatic heterocycles. The van der Waals surface area contributed by atoms with Gasteiger partial charge in [-0.05, 0) is 37.9 Å². The molecule has 0 saturated heterocycles. The Kier molecular flexibility index (Phi) is 4.38. The van der Waals surface area contributed by atoms with Gasteiger partial charge in [0, 0.05) is 18.7 Å². The van der Waals surface area contributed by atoms with Crippen molar-refractivity contribution in [3.05, 3.63) is 52.8 Å². The summed E-state index contributed by atoms with van der Waals surface area (Å²) in [6.45, 7) is 4.92. The highest BCUT2D eigenvalue weighted by Gasteiger charge is 2.14. The average Bonchev–Trinajstić information content (AvgIpc) is 2.76. The van der Waals surface area contributed by atoms with Crippen LogP contribution >= 0.6 is 0 Å². The summed E-state index contributed by atoms with van der Waals surface area (Å²) in [4.78, 5) is 0. The van der Waals surface area contributed by atoms with E-state index in [0.717, 1.165) is 18.5 Å². The minimum atomic E-state index is 0.361. The molecule has 3 heteroatoms. The molecular weight excluding hydrogens is 234 g/mol. The number of nitrogens with zero attached hydrogens (tertiary/aromatic N) is 2. The Labute approximate surface area is 115 Å². The van der Waals surface area contributed by atoms with Gasteiger partial charge in [-0.25, -0.2) is 0 Å². The van der Waals surface area contributed by atoms with Crippen molar-refractivity contribution in [2.45, 2.75) is 32.6 Å². The van der Waals surface area contributed by atoms with Gasteiger partial charge in [0.05, 0.1) is 5.69 Å². The van der Waals surface area contributed by atoms with E-state index in [1.807, 2.05) is 11.7 Å². The molecule has 1 aromatic heterocycles. The van der Waals surface area contributed by atoms with E-state index in [2.05, 4.69) is 49.3 Å². The molecular formula is C16H23N3. The second-order valence-electron chi connectivity index (χ2n) is 5.16. The molecule has 0 spiro atoms. The van der Waals surface area contributed by atoms with E-state index in [-0.39, 0.29) is 0 Å². The van der Waals surface area contributed by atoms with E-state index in [9.17, 15) is 0 Å². The number of aryl methyl sites for hydroxylation is 3. The Bertz CT molecular complexity index is 543. The standard InChI is InChI=1S/C16H23N3/c1-4-15-10-16(19(3)18-15)9-14(11-17)13-7-5-6-12(2)8-13/h5-8,10,14H,4,9,11,17H2,1-3H3. The lowest BCUT2D eigenvalue weighted by Gasteiger charge is -2.15. The molecule has 1 aromatic carbocycles. The zero-order valence-electron chi connectivity index (χ0n) is 12.1. The van der Waals surface area contributed by atoms with Crippen LogP contribution in [0.25, 0.3) is 0 Å². The normalized spacial score (nSPS) is 12.6. The molecule has 1 heterocycles. The molecule has 0 amide bonds. The number of rotatable bonds is 5. The molecule has 0 fully saturated rings. The zero-order valence-corrected chi connectivity index (χ0v) is 12.1. The van der Waals surface area contributed by atoms with E-state index in [0.29, 0.717) is 12.5 Å². The van der Waals surface area contributed by atoms with Crippen LogP contribution in [-0.4, -0.2) is 16.3 Å². The monoisotopic (exact) mass is 257 g/mol. The van der Waals surface area contributed by atoms with Crippen molar-refractivity contribution in [3.8, 4) is 0 Å². The third-order valence-corrected chi connectivity index (χ3v) is 3.64. The molecule has 102 valence electrons. The highest BCUT2D eigenvalue weighted by Crippen LogP contribution is 2.21. The molecule has 0 saturated carbocycles. The maximum atomic E-state index is 5.96. The van der Waals surface area contributed by atoms with Crippen LogP contribution in [0.3, 0.4) is 0 Å². The molecule has 0 bridgehead atoms. The maximum absolute atomic E-state index is 5.96. The molecule has 1 unspecified atom stereocenters. The Morgan fingerprint density at radius 2 is 2.11 bits per heavy atom. The summed E-state index contributed by atoms with van der Waals surface area (Å²) in [6, 6.07) is 10.8. The lowest BCUT2D eigenvalue weighted by Crippen LogP contribution is -2.16. The lowest BCUT2D eigenvalue weighted by molar-refractivity contribution is 0.627. The first kappa shape index (κ1) is 13.8. The van der Waals surface area contributed by atoms with Gasteiger partial charge in [0.25, 0.3) is 0 Å². The Balaban J connectivity index is 2.21. The first-order chi connectivity index (χ1) is 9.13. The topological polar surface area (TPSA) is 43.8 Å². The van der Waals surface area contributed by atoms with Crippen LogP contribution in [0.15, 0.2) is 30.3 Å². The van der Waals surface area contributed by atoms with E-state index < -0.39 is 0 Å². The molecule has 0 aliphatic carbocycles. The van der Waals surface area contributed by atoms with E-state index in [1.54, 1.807) is 0 Å². The Hall–Kier alpha value is -1.61. The largest absolute Gasteiger partial charge is 0.330 e. The lowest BCUT2D eigenvalue weighted by atomic mass is 9.93. The van der Waals surface area contributed by atoms with Gasteiger partial charge in [0.15, 0.2) is 0 Å². The van der Waals surface area contributed by atoms with E-state index in [4.69, 9.17) is 5.73 Å². The Morgan fingerprint density at radius 1 is 1.32 bits per heavy atom. The predicted octanol–water partition coefficient (Wildman–Crippen LogP) is 2.58. The van der Waals surface area contributed by atoms with Gasteiger partial charge in [-0.3, -0.25) is 4.68 Å². The minimum absolute atomic E-state index is 0.361. The number of nitrogens with two attached hydrogens (primary N) is 1. The van der Waals surface area contributed by atoms with Gasteiger partial charge in [0.2, 0.25) is 0 Å². The van der Waals surface area contributed by atoms with Crippen molar-refractivity contribution in [2.75, 3.05) is 6.54 Å². The molecule has 2 N–H and O–H groups in total. The number of aromatic nitrogens is 2. The summed E-state index contributed by atoms with van der Waals surface area (Å²) in [5.74, 6) is 0.361. The average molecular weight is 257 g/mol. The van der Waals surface area contributed by atoms with Crippen molar-refractivity contribution < 1.29 is 0 Å². The molecule has 0 aliphatic rings. The van der Waals surface area contributed by atoms with E-state index in [1.165, 1.54) is 16.8 Å². The van der Waals surface area contributed by atoms with Gasteiger partial charge in [-0.2, -0.15) is 5.10 Å². The van der Waals surface area contributed by atoms with Crippen LogP contribution in [-0.2, 0) is 19.9 Å². The van der Waals surface area contributed by atoms with Gasteiger partial charge in [0.1, 0.15) is 0 Å².